The summed E-state index contributed by atoms with van der Waals surface area (Å²) in [5.74, 6) is 0.309. The molecule has 4 nitrogen and oxygen atoms in total. The Morgan fingerprint density at radius 1 is 1.75 bits per heavy atom. The van der Waals surface area contributed by atoms with Gasteiger partial charge in [0.2, 0.25) is 0 Å². The molecule has 1 aliphatic heterocycles. The highest BCUT2D eigenvalue weighted by atomic mass is 32.1. The average molecular weight is 240 g/mol. The number of hydrogen-bond donors (Lipinski definition) is 1. The number of aliphatic hydroxyl groups is 1. The van der Waals surface area contributed by atoms with Crippen LogP contribution in [0.1, 0.15) is 28.2 Å². The van der Waals surface area contributed by atoms with Gasteiger partial charge in [0.15, 0.2) is 0 Å². The van der Waals surface area contributed by atoms with E-state index in [9.17, 15) is 4.79 Å². The van der Waals surface area contributed by atoms with Gasteiger partial charge in [-0.15, -0.1) is 11.3 Å². The Bertz CT molecular complexity index is 378. The monoisotopic (exact) mass is 240 g/mol. The maximum atomic E-state index is 12.2. The highest BCUT2D eigenvalue weighted by molar-refractivity contribution is 7.11. The zero-order valence-corrected chi connectivity index (χ0v) is 10.2. The third-order valence-corrected chi connectivity index (χ3v) is 3.92. The largest absolute Gasteiger partial charge is 0.396 e. The van der Waals surface area contributed by atoms with Crippen molar-refractivity contribution in [3.63, 3.8) is 0 Å². The fourth-order valence-corrected chi connectivity index (χ4v) is 2.82. The molecule has 0 unspecified atom stereocenters. The maximum Gasteiger partial charge on any atom is 0.265 e. The van der Waals surface area contributed by atoms with E-state index in [1.54, 1.807) is 5.51 Å². The Morgan fingerprint density at radius 3 is 3.19 bits per heavy atom. The third kappa shape index (κ3) is 2.25. The Hall–Kier alpha value is -0.940. The van der Waals surface area contributed by atoms with Crippen LogP contribution in [0.5, 0.6) is 0 Å². The zero-order valence-electron chi connectivity index (χ0n) is 9.35. The van der Waals surface area contributed by atoms with Gasteiger partial charge in [0.05, 0.1) is 11.2 Å². The van der Waals surface area contributed by atoms with Crippen molar-refractivity contribution in [3.8, 4) is 0 Å². The molecule has 2 rings (SSSR count). The van der Waals surface area contributed by atoms with Crippen LogP contribution >= 0.6 is 11.3 Å². The summed E-state index contributed by atoms with van der Waals surface area (Å²) in [7, 11) is 0. The number of nitrogens with zero attached hydrogens (tertiary/aromatic N) is 2. The van der Waals surface area contributed by atoms with Crippen molar-refractivity contribution < 1.29 is 9.90 Å². The molecule has 0 spiro atoms. The number of piperidine rings is 1. The number of aliphatic hydroxyl groups excluding tert-OH is 1. The molecule has 0 aromatic carbocycles. The predicted octanol–water partition coefficient (Wildman–Crippen LogP) is 1.30. The first-order valence-electron chi connectivity index (χ1n) is 5.52. The molecule has 0 radical (unpaired) electrons. The number of rotatable bonds is 2. The molecule has 16 heavy (non-hydrogen) atoms. The highest BCUT2D eigenvalue weighted by Gasteiger charge is 2.25. The fourth-order valence-electron chi connectivity index (χ4n) is 2.05. The van der Waals surface area contributed by atoms with E-state index >= 15 is 0 Å². The van der Waals surface area contributed by atoms with E-state index in [1.165, 1.54) is 11.3 Å². The van der Waals surface area contributed by atoms with Crippen LogP contribution < -0.4 is 0 Å². The summed E-state index contributed by atoms with van der Waals surface area (Å²) < 4.78 is 0. The normalized spacial score (nSPS) is 21.1. The van der Waals surface area contributed by atoms with Crippen molar-refractivity contribution in [1.29, 1.82) is 0 Å². The number of thiazole rings is 1. The number of aryl methyl sites for hydroxylation is 1. The number of carbonyl (C=O) groups is 1. The maximum absolute atomic E-state index is 12.2. The van der Waals surface area contributed by atoms with E-state index in [-0.39, 0.29) is 18.4 Å². The molecule has 1 fully saturated rings. The van der Waals surface area contributed by atoms with Gasteiger partial charge in [-0.3, -0.25) is 4.79 Å². The molecule has 1 aliphatic rings. The molecule has 0 aliphatic carbocycles. The van der Waals surface area contributed by atoms with Gasteiger partial charge in [-0.05, 0) is 25.7 Å². The first kappa shape index (κ1) is 11.5. The van der Waals surface area contributed by atoms with Crippen LogP contribution in [0.2, 0.25) is 0 Å². The van der Waals surface area contributed by atoms with Gasteiger partial charge in [0.25, 0.3) is 5.91 Å². The predicted molar refractivity (Wildman–Crippen MR) is 62.6 cm³/mol. The minimum Gasteiger partial charge on any atom is -0.396 e. The number of hydrogen-bond acceptors (Lipinski definition) is 4. The molecule has 1 N–H and O–H groups in total. The standard InChI is InChI=1S/C11H16N2O2S/c1-8-10(16-7-12-8)11(15)13-4-2-3-9(5-13)6-14/h7,9,14H,2-6H2,1H3/t9-/m1/s1. The van der Waals surface area contributed by atoms with Crippen molar-refractivity contribution in [2.24, 2.45) is 5.92 Å². The van der Waals surface area contributed by atoms with E-state index in [0.717, 1.165) is 30.0 Å². The molecule has 0 saturated carbocycles. The smallest absolute Gasteiger partial charge is 0.265 e. The lowest BCUT2D eigenvalue weighted by atomic mass is 9.99. The molecular weight excluding hydrogens is 224 g/mol. The van der Waals surface area contributed by atoms with Crippen molar-refractivity contribution in [1.82, 2.24) is 9.88 Å². The van der Waals surface area contributed by atoms with E-state index in [4.69, 9.17) is 5.11 Å². The summed E-state index contributed by atoms with van der Waals surface area (Å²) in [4.78, 5) is 18.8. The fraction of sp³-hybridized carbons (Fsp3) is 0.636. The summed E-state index contributed by atoms with van der Waals surface area (Å²) in [6.45, 7) is 3.50. The molecule has 88 valence electrons. The number of amides is 1. The van der Waals surface area contributed by atoms with Crippen molar-refractivity contribution >= 4 is 17.2 Å². The van der Waals surface area contributed by atoms with Crippen LogP contribution in [0.4, 0.5) is 0 Å². The zero-order chi connectivity index (χ0) is 11.5. The van der Waals surface area contributed by atoms with E-state index in [1.807, 2.05) is 11.8 Å². The van der Waals surface area contributed by atoms with Crippen LogP contribution in [0.25, 0.3) is 0 Å². The summed E-state index contributed by atoms with van der Waals surface area (Å²) in [6, 6.07) is 0. The second kappa shape index (κ2) is 4.93. The Kier molecular flexibility index (Phi) is 3.56. The van der Waals surface area contributed by atoms with Crippen molar-refractivity contribution in [2.75, 3.05) is 19.7 Å². The van der Waals surface area contributed by atoms with Gasteiger partial charge in [-0.1, -0.05) is 0 Å². The minimum absolute atomic E-state index is 0.0677. The quantitative estimate of drug-likeness (QED) is 0.847. The summed E-state index contributed by atoms with van der Waals surface area (Å²) in [6.07, 6.45) is 2.00. The van der Waals surface area contributed by atoms with Gasteiger partial charge in [0, 0.05) is 19.7 Å². The minimum atomic E-state index is 0.0677. The molecule has 1 aromatic heterocycles. The first-order valence-corrected chi connectivity index (χ1v) is 6.40. The SMILES string of the molecule is Cc1ncsc1C(=O)N1CCC[C@@H](CO)C1. The molecule has 1 aromatic rings. The highest BCUT2D eigenvalue weighted by Crippen LogP contribution is 2.21. The first-order chi connectivity index (χ1) is 7.72. The van der Waals surface area contributed by atoms with Gasteiger partial charge < -0.3 is 10.0 Å². The summed E-state index contributed by atoms with van der Waals surface area (Å²) in [5.41, 5.74) is 2.51. The molecular formula is C11H16N2O2S. The van der Waals surface area contributed by atoms with Gasteiger partial charge in [0.1, 0.15) is 4.88 Å². The number of carbonyl (C=O) groups excluding carboxylic acids is 1. The summed E-state index contributed by atoms with van der Waals surface area (Å²) in [5, 5.41) is 9.13. The second-order valence-corrected chi connectivity index (χ2v) is 5.06. The Balaban J connectivity index is 2.07. The Labute approximate surface area is 98.9 Å². The van der Waals surface area contributed by atoms with Crippen LogP contribution in [-0.2, 0) is 0 Å². The lowest BCUT2D eigenvalue weighted by Gasteiger charge is -2.31. The number of aromatic nitrogens is 1. The van der Waals surface area contributed by atoms with E-state index < -0.39 is 0 Å². The van der Waals surface area contributed by atoms with Crippen LogP contribution in [0.15, 0.2) is 5.51 Å². The molecule has 1 saturated heterocycles. The van der Waals surface area contributed by atoms with Crippen molar-refractivity contribution in [2.45, 2.75) is 19.8 Å². The van der Waals surface area contributed by atoms with Crippen LogP contribution in [0, 0.1) is 12.8 Å². The second-order valence-electron chi connectivity index (χ2n) is 4.21. The molecule has 1 amide bonds. The lowest BCUT2D eigenvalue weighted by Crippen LogP contribution is -2.40. The molecule has 1 atom stereocenters. The average Bonchev–Trinajstić information content (AvgIpc) is 2.74. The van der Waals surface area contributed by atoms with Gasteiger partial charge >= 0.3 is 0 Å². The van der Waals surface area contributed by atoms with Gasteiger partial charge in [-0.2, -0.15) is 0 Å². The molecule has 2 heterocycles. The van der Waals surface area contributed by atoms with E-state index in [0.29, 0.717) is 6.54 Å². The van der Waals surface area contributed by atoms with Crippen LogP contribution in [-0.4, -0.2) is 40.6 Å². The lowest BCUT2D eigenvalue weighted by molar-refractivity contribution is 0.0624. The summed E-state index contributed by atoms with van der Waals surface area (Å²) >= 11 is 1.40. The number of likely N-dealkylation sites (tertiary alicyclic amines) is 1. The third-order valence-electron chi connectivity index (χ3n) is 3.00. The van der Waals surface area contributed by atoms with Gasteiger partial charge in [-0.25, -0.2) is 4.98 Å². The van der Waals surface area contributed by atoms with Crippen LogP contribution in [0.3, 0.4) is 0 Å². The molecule has 0 bridgehead atoms. The molecule has 5 heteroatoms. The van der Waals surface area contributed by atoms with Crippen molar-refractivity contribution in [3.05, 3.63) is 16.1 Å². The Morgan fingerprint density at radius 2 is 2.56 bits per heavy atom. The topological polar surface area (TPSA) is 53.4 Å². The van der Waals surface area contributed by atoms with E-state index in [2.05, 4.69) is 4.98 Å².